The Morgan fingerprint density at radius 3 is 2.58 bits per heavy atom. The summed E-state index contributed by atoms with van der Waals surface area (Å²) in [5.74, 6) is 0.0932. The molecule has 0 unspecified atom stereocenters. The number of halogens is 1. The summed E-state index contributed by atoms with van der Waals surface area (Å²) in [4.78, 5) is 22.1. The van der Waals surface area contributed by atoms with E-state index < -0.39 is 5.97 Å². The van der Waals surface area contributed by atoms with Gasteiger partial charge in [-0.1, -0.05) is 0 Å². The van der Waals surface area contributed by atoms with Crippen molar-refractivity contribution < 1.29 is 24.2 Å². The van der Waals surface area contributed by atoms with E-state index in [1.54, 1.807) is 12.1 Å². The standard InChI is InChI=1S/C17H22BrNO5/c1-3-23-14-11-12(10-13(18)17(14)24-4-2)7-8-15(20)19-9-5-6-16(21)22/h7-8,10-11H,3-6,9H2,1-2H3,(H,19,20)(H,21,22)/b8-7+. The predicted octanol–water partition coefficient (Wildman–Crippen LogP) is 3.24. The van der Waals surface area contributed by atoms with Crippen molar-refractivity contribution in [3.05, 3.63) is 28.2 Å². The van der Waals surface area contributed by atoms with E-state index in [1.165, 1.54) is 6.08 Å². The van der Waals surface area contributed by atoms with Gasteiger partial charge in [0.2, 0.25) is 5.91 Å². The molecule has 1 amide bonds. The third-order valence-electron chi connectivity index (χ3n) is 2.91. The van der Waals surface area contributed by atoms with Crippen LogP contribution in [0, 0.1) is 0 Å². The van der Waals surface area contributed by atoms with Gasteiger partial charge in [-0.3, -0.25) is 9.59 Å². The zero-order chi connectivity index (χ0) is 17.9. The second-order valence-corrected chi connectivity index (χ2v) is 5.67. The fourth-order valence-electron chi connectivity index (χ4n) is 1.91. The number of benzene rings is 1. The van der Waals surface area contributed by atoms with Gasteiger partial charge in [0.1, 0.15) is 0 Å². The van der Waals surface area contributed by atoms with Crippen LogP contribution in [0.1, 0.15) is 32.3 Å². The number of hydrogen-bond donors (Lipinski definition) is 2. The highest BCUT2D eigenvalue weighted by Crippen LogP contribution is 2.37. The highest BCUT2D eigenvalue weighted by atomic mass is 79.9. The summed E-state index contributed by atoms with van der Waals surface area (Å²) in [7, 11) is 0. The summed E-state index contributed by atoms with van der Waals surface area (Å²) in [6.07, 6.45) is 3.50. The molecule has 24 heavy (non-hydrogen) atoms. The number of carboxylic acid groups (broad SMARTS) is 1. The van der Waals surface area contributed by atoms with Crippen LogP contribution in [0.5, 0.6) is 11.5 Å². The Labute approximate surface area is 150 Å². The molecule has 0 atom stereocenters. The molecule has 0 fully saturated rings. The van der Waals surface area contributed by atoms with Gasteiger partial charge >= 0.3 is 5.97 Å². The third kappa shape index (κ3) is 7.04. The molecule has 7 heteroatoms. The number of nitrogens with one attached hydrogen (secondary N) is 1. The van der Waals surface area contributed by atoms with Crippen molar-refractivity contribution in [1.29, 1.82) is 0 Å². The molecule has 1 aromatic rings. The van der Waals surface area contributed by atoms with Crippen LogP contribution in [-0.4, -0.2) is 36.7 Å². The summed E-state index contributed by atoms with van der Waals surface area (Å²) < 4.78 is 11.9. The van der Waals surface area contributed by atoms with Gasteiger partial charge in [0.25, 0.3) is 0 Å². The Morgan fingerprint density at radius 1 is 1.25 bits per heavy atom. The Kier molecular flexibility index (Phi) is 8.93. The molecule has 132 valence electrons. The summed E-state index contributed by atoms with van der Waals surface area (Å²) in [5.41, 5.74) is 0.787. The maximum atomic E-state index is 11.7. The van der Waals surface area contributed by atoms with E-state index in [9.17, 15) is 9.59 Å². The maximum Gasteiger partial charge on any atom is 0.303 e. The molecular formula is C17H22BrNO5. The van der Waals surface area contributed by atoms with Gasteiger partial charge in [0.15, 0.2) is 11.5 Å². The van der Waals surface area contributed by atoms with Crippen LogP contribution in [0.2, 0.25) is 0 Å². The predicted molar refractivity (Wildman–Crippen MR) is 95.4 cm³/mol. The van der Waals surface area contributed by atoms with E-state index in [0.29, 0.717) is 37.7 Å². The first-order chi connectivity index (χ1) is 11.5. The number of aliphatic carboxylic acids is 1. The number of rotatable bonds is 10. The van der Waals surface area contributed by atoms with Gasteiger partial charge < -0.3 is 19.9 Å². The van der Waals surface area contributed by atoms with Gasteiger partial charge in [0.05, 0.1) is 17.7 Å². The van der Waals surface area contributed by atoms with E-state index in [2.05, 4.69) is 21.2 Å². The molecule has 0 aliphatic heterocycles. The Hall–Kier alpha value is -2.02. The third-order valence-corrected chi connectivity index (χ3v) is 3.50. The molecule has 6 nitrogen and oxygen atoms in total. The fourth-order valence-corrected chi connectivity index (χ4v) is 2.49. The van der Waals surface area contributed by atoms with Crippen molar-refractivity contribution >= 4 is 33.9 Å². The first kappa shape index (κ1) is 20.0. The average molecular weight is 400 g/mol. The molecule has 0 saturated carbocycles. The summed E-state index contributed by atoms with van der Waals surface area (Å²) in [6, 6.07) is 3.63. The number of hydrogen-bond acceptors (Lipinski definition) is 4. The summed E-state index contributed by atoms with van der Waals surface area (Å²) >= 11 is 3.45. The van der Waals surface area contributed by atoms with Crippen LogP contribution in [0.15, 0.2) is 22.7 Å². The SMILES string of the molecule is CCOc1cc(/C=C/C(=O)NCCCC(=O)O)cc(Br)c1OCC. The van der Waals surface area contributed by atoms with Gasteiger partial charge in [-0.05, 0) is 60.0 Å². The molecule has 0 heterocycles. The number of carbonyl (C=O) groups excluding carboxylic acids is 1. The van der Waals surface area contributed by atoms with Gasteiger partial charge in [0, 0.05) is 19.0 Å². The largest absolute Gasteiger partial charge is 0.490 e. The first-order valence-electron chi connectivity index (χ1n) is 7.74. The van der Waals surface area contributed by atoms with Gasteiger partial charge in [-0.2, -0.15) is 0 Å². The van der Waals surface area contributed by atoms with Gasteiger partial charge in [-0.15, -0.1) is 0 Å². The summed E-state index contributed by atoms with van der Waals surface area (Å²) in [5, 5.41) is 11.2. The number of carbonyl (C=O) groups is 2. The minimum Gasteiger partial charge on any atom is -0.490 e. The second-order valence-electron chi connectivity index (χ2n) is 4.82. The highest BCUT2D eigenvalue weighted by Gasteiger charge is 2.11. The minimum atomic E-state index is -0.873. The fraction of sp³-hybridized carbons (Fsp3) is 0.412. The molecular weight excluding hydrogens is 378 g/mol. The quantitative estimate of drug-likeness (QED) is 0.465. The lowest BCUT2D eigenvalue weighted by Crippen LogP contribution is -2.22. The van der Waals surface area contributed by atoms with Crippen LogP contribution < -0.4 is 14.8 Å². The van der Waals surface area contributed by atoms with E-state index in [4.69, 9.17) is 14.6 Å². The molecule has 0 aliphatic carbocycles. The molecule has 0 bridgehead atoms. The number of ether oxygens (including phenoxy) is 2. The highest BCUT2D eigenvalue weighted by molar-refractivity contribution is 9.10. The zero-order valence-corrected chi connectivity index (χ0v) is 15.4. The van der Waals surface area contributed by atoms with Crippen LogP contribution in [0.25, 0.3) is 6.08 Å². The first-order valence-corrected chi connectivity index (χ1v) is 8.54. The van der Waals surface area contributed by atoms with Crippen LogP contribution in [0.4, 0.5) is 0 Å². The lowest BCUT2D eigenvalue weighted by atomic mass is 10.2. The zero-order valence-electron chi connectivity index (χ0n) is 13.8. The van der Waals surface area contributed by atoms with Crippen molar-refractivity contribution in [2.75, 3.05) is 19.8 Å². The molecule has 1 aromatic carbocycles. The smallest absolute Gasteiger partial charge is 0.303 e. The molecule has 2 N–H and O–H groups in total. The van der Waals surface area contributed by atoms with Crippen LogP contribution in [0.3, 0.4) is 0 Å². The van der Waals surface area contributed by atoms with E-state index >= 15 is 0 Å². The van der Waals surface area contributed by atoms with E-state index in [0.717, 1.165) is 10.0 Å². The Bertz CT molecular complexity index is 601. The van der Waals surface area contributed by atoms with Crippen LogP contribution >= 0.6 is 15.9 Å². The second kappa shape index (κ2) is 10.7. The van der Waals surface area contributed by atoms with Crippen molar-refractivity contribution in [2.45, 2.75) is 26.7 Å². The maximum absolute atomic E-state index is 11.7. The van der Waals surface area contributed by atoms with Crippen molar-refractivity contribution in [3.63, 3.8) is 0 Å². The molecule has 1 rings (SSSR count). The number of carboxylic acids is 1. The van der Waals surface area contributed by atoms with E-state index in [1.807, 2.05) is 19.9 Å². The van der Waals surface area contributed by atoms with Crippen molar-refractivity contribution in [1.82, 2.24) is 5.32 Å². The Balaban J connectivity index is 2.72. The lowest BCUT2D eigenvalue weighted by Gasteiger charge is -2.13. The normalized spacial score (nSPS) is 10.6. The molecule has 0 aromatic heterocycles. The van der Waals surface area contributed by atoms with Crippen LogP contribution in [-0.2, 0) is 9.59 Å². The topological polar surface area (TPSA) is 84.9 Å². The lowest BCUT2D eigenvalue weighted by molar-refractivity contribution is -0.137. The molecule has 0 aliphatic rings. The Morgan fingerprint density at radius 2 is 1.96 bits per heavy atom. The molecule has 0 spiro atoms. The molecule has 0 radical (unpaired) electrons. The average Bonchev–Trinajstić information content (AvgIpc) is 2.53. The molecule has 0 saturated heterocycles. The monoisotopic (exact) mass is 399 g/mol. The van der Waals surface area contributed by atoms with Crippen molar-refractivity contribution in [3.8, 4) is 11.5 Å². The van der Waals surface area contributed by atoms with Crippen molar-refractivity contribution in [2.24, 2.45) is 0 Å². The van der Waals surface area contributed by atoms with Gasteiger partial charge in [-0.25, -0.2) is 0 Å². The number of amides is 1. The summed E-state index contributed by atoms with van der Waals surface area (Å²) in [6.45, 7) is 5.13. The van der Waals surface area contributed by atoms with E-state index in [-0.39, 0.29) is 12.3 Å². The minimum absolute atomic E-state index is 0.0353.